The van der Waals surface area contributed by atoms with Crippen molar-refractivity contribution in [3.8, 4) is 11.5 Å². The fourth-order valence-corrected chi connectivity index (χ4v) is 3.10. The Labute approximate surface area is 226 Å². The summed E-state index contributed by atoms with van der Waals surface area (Å²) in [6, 6.07) is 14.8. The van der Waals surface area contributed by atoms with E-state index >= 15 is 0 Å². The van der Waals surface area contributed by atoms with E-state index in [1.54, 1.807) is 0 Å². The Bertz CT molecular complexity index is 1300. The van der Waals surface area contributed by atoms with Gasteiger partial charge in [0.25, 0.3) is 5.91 Å². The lowest BCUT2D eigenvalue weighted by Crippen LogP contribution is -2.19. The molecular weight excluding hydrogens is 504 g/mol. The molecule has 206 valence electrons. The fraction of sp³-hybridized carbons (Fsp3) is 0.321. The minimum absolute atomic E-state index is 0.0480. The summed E-state index contributed by atoms with van der Waals surface area (Å²) < 4.78 is 16.6. The van der Waals surface area contributed by atoms with Gasteiger partial charge in [0, 0.05) is 24.3 Å². The number of nitrogens with one attached hydrogen (secondary N) is 2. The Morgan fingerprint density at radius 1 is 0.795 bits per heavy atom. The van der Waals surface area contributed by atoms with Crippen LogP contribution in [0.2, 0.25) is 0 Å². The van der Waals surface area contributed by atoms with Crippen LogP contribution in [0.5, 0.6) is 11.5 Å². The number of carbonyl (C=O) groups is 3. The van der Waals surface area contributed by atoms with Gasteiger partial charge >= 0.3 is 12.1 Å². The second kappa shape index (κ2) is 13.8. The van der Waals surface area contributed by atoms with E-state index in [1.807, 2.05) is 58.0 Å². The van der Waals surface area contributed by atoms with Crippen LogP contribution in [-0.4, -0.2) is 46.3 Å². The highest BCUT2D eigenvalue weighted by Crippen LogP contribution is 2.23. The zero-order valence-electron chi connectivity index (χ0n) is 22.3. The van der Waals surface area contributed by atoms with E-state index in [0.29, 0.717) is 19.0 Å². The molecule has 0 radical (unpaired) electrons. The van der Waals surface area contributed by atoms with E-state index in [9.17, 15) is 19.5 Å². The predicted molar refractivity (Wildman–Crippen MR) is 144 cm³/mol. The monoisotopic (exact) mass is 536 g/mol. The molecule has 0 fully saturated rings. The third-order valence-electron chi connectivity index (χ3n) is 4.90. The van der Waals surface area contributed by atoms with Crippen LogP contribution >= 0.6 is 0 Å². The van der Waals surface area contributed by atoms with Crippen molar-refractivity contribution in [1.82, 2.24) is 9.97 Å². The van der Waals surface area contributed by atoms with Gasteiger partial charge in [0.05, 0.1) is 13.2 Å². The summed E-state index contributed by atoms with van der Waals surface area (Å²) in [5.74, 6) is -0.945. The molecule has 0 bridgehead atoms. The molecule has 0 unspecified atom stereocenters. The van der Waals surface area contributed by atoms with Crippen molar-refractivity contribution in [2.75, 3.05) is 23.8 Å². The summed E-state index contributed by atoms with van der Waals surface area (Å²) in [4.78, 5) is 45.2. The van der Waals surface area contributed by atoms with Gasteiger partial charge < -0.3 is 24.6 Å². The lowest BCUT2D eigenvalue weighted by molar-refractivity contribution is 0.0689. The Morgan fingerprint density at radius 2 is 1.36 bits per heavy atom. The standard InChI is InChI=1S/C28H32N4O7/c1-17(2)14-37-20-10-22(29-23(11-20)27(34)35)26(33)31-24-12-21(38-15-18(3)4)13-25(30-24)32-28(36)39-16-19-8-6-5-7-9-19/h5-13,17-18H,14-16H2,1-4H3,(H,34,35)(H2,30,31,32,33,36). The highest BCUT2D eigenvalue weighted by atomic mass is 16.5. The number of benzene rings is 1. The van der Waals surface area contributed by atoms with Crippen LogP contribution in [-0.2, 0) is 11.3 Å². The average Bonchev–Trinajstić information content (AvgIpc) is 2.90. The third-order valence-corrected chi connectivity index (χ3v) is 4.90. The number of carbonyl (C=O) groups excluding carboxylic acids is 2. The number of amides is 2. The molecule has 2 heterocycles. The van der Waals surface area contributed by atoms with Crippen LogP contribution in [0.3, 0.4) is 0 Å². The number of nitrogens with zero attached hydrogens (tertiary/aromatic N) is 2. The minimum Gasteiger partial charge on any atom is -0.493 e. The van der Waals surface area contributed by atoms with Crippen LogP contribution in [0, 0.1) is 11.8 Å². The smallest absolute Gasteiger partial charge is 0.413 e. The molecule has 3 rings (SSSR count). The van der Waals surface area contributed by atoms with Gasteiger partial charge in [-0.2, -0.15) is 0 Å². The maximum atomic E-state index is 13.0. The number of aromatic nitrogens is 2. The molecule has 2 aromatic heterocycles. The molecule has 0 aliphatic rings. The first-order valence-electron chi connectivity index (χ1n) is 12.4. The average molecular weight is 537 g/mol. The maximum absolute atomic E-state index is 13.0. The molecule has 3 aromatic rings. The van der Waals surface area contributed by atoms with E-state index in [1.165, 1.54) is 24.3 Å². The normalized spacial score (nSPS) is 10.7. The second-order valence-corrected chi connectivity index (χ2v) is 9.50. The van der Waals surface area contributed by atoms with Gasteiger partial charge in [-0.15, -0.1) is 0 Å². The van der Waals surface area contributed by atoms with Crippen molar-refractivity contribution in [1.29, 1.82) is 0 Å². The van der Waals surface area contributed by atoms with Crippen molar-refractivity contribution in [2.24, 2.45) is 11.8 Å². The lowest BCUT2D eigenvalue weighted by atomic mass is 10.2. The van der Waals surface area contributed by atoms with Gasteiger partial charge in [0.1, 0.15) is 35.4 Å². The summed E-state index contributed by atoms with van der Waals surface area (Å²) in [6.07, 6.45) is -0.743. The van der Waals surface area contributed by atoms with Crippen molar-refractivity contribution in [3.63, 3.8) is 0 Å². The molecule has 11 nitrogen and oxygen atoms in total. The Hall–Kier alpha value is -4.67. The molecule has 0 saturated heterocycles. The van der Waals surface area contributed by atoms with Crippen LogP contribution in [0.1, 0.15) is 54.2 Å². The number of hydrogen-bond acceptors (Lipinski definition) is 8. The van der Waals surface area contributed by atoms with Gasteiger partial charge in [-0.3, -0.25) is 10.1 Å². The van der Waals surface area contributed by atoms with Crippen LogP contribution < -0.4 is 20.1 Å². The van der Waals surface area contributed by atoms with E-state index in [0.717, 1.165) is 5.56 Å². The highest BCUT2D eigenvalue weighted by Gasteiger charge is 2.17. The number of hydrogen-bond donors (Lipinski definition) is 3. The predicted octanol–water partition coefficient (Wildman–Crippen LogP) is 5.25. The first-order chi connectivity index (χ1) is 18.6. The Balaban J connectivity index is 1.80. The van der Waals surface area contributed by atoms with Crippen molar-refractivity contribution >= 4 is 29.6 Å². The van der Waals surface area contributed by atoms with Gasteiger partial charge in [-0.25, -0.2) is 19.6 Å². The van der Waals surface area contributed by atoms with Crippen LogP contribution in [0.25, 0.3) is 0 Å². The number of rotatable bonds is 12. The quantitative estimate of drug-likeness (QED) is 0.282. The molecule has 11 heteroatoms. The largest absolute Gasteiger partial charge is 0.493 e. The topological polar surface area (TPSA) is 149 Å². The molecule has 0 atom stereocenters. The number of anilines is 2. The SMILES string of the molecule is CC(C)COc1cc(NC(=O)OCc2ccccc2)nc(NC(=O)c2cc(OCC(C)C)cc(C(=O)O)n2)c1. The van der Waals surface area contributed by atoms with E-state index < -0.39 is 18.0 Å². The Morgan fingerprint density at radius 3 is 1.95 bits per heavy atom. The molecule has 0 saturated carbocycles. The van der Waals surface area contributed by atoms with E-state index in [4.69, 9.17) is 14.2 Å². The number of aromatic carboxylic acids is 1. The van der Waals surface area contributed by atoms with Crippen LogP contribution in [0.15, 0.2) is 54.6 Å². The summed E-state index contributed by atoms with van der Waals surface area (Å²) in [5.41, 5.74) is 0.294. The van der Waals surface area contributed by atoms with E-state index in [2.05, 4.69) is 20.6 Å². The van der Waals surface area contributed by atoms with Crippen molar-refractivity contribution in [2.45, 2.75) is 34.3 Å². The molecular formula is C28H32N4O7. The lowest BCUT2D eigenvalue weighted by Gasteiger charge is -2.14. The molecule has 0 aliphatic carbocycles. The first-order valence-corrected chi connectivity index (χ1v) is 12.4. The van der Waals surface area contributed by atoms with Crippen molar-refractivity contribution in [3.05, 3.63) is 71.5 Å². The fourth-order valence-electron chi connectivity index (χ4n) is 3.10. The number of ether oxygens (including phenoxy) is 3. The first kappa shape index (κ1) is 28.9. The number of carboxylic acids is 1. The van der Waals surface area contributed by atoms with Gasteiger partial charge in [0.15, 0.2) is 5.69 Å². The molecule has 0 spiro atoms. The molecule has 1 aromatic carbocycles. The summed E-state index contributed by atoms with van der Waals surface area (Å²) in [5, 5.41) is 14.5. The van der Waals surface area contributed by atoms with Crippen LogP contribution in [0.4, 0.5) is 16.4 Å². The minimum atomic E-state index is -1.30. The molecule has 3 N–H and O–H groups in total. The maximum Gasteiger partial charge on any atom is 0.413 e. The van der Waals surface area contributed by atoms with Gasteiger partial charge in [-0.05, 0) is 17.4 Å². The number of carboxylic acid groups (broad SMARTS) is 1. The zero-order chi connectivity index (χ0) is 28.4. The Kier molecular flexibility index (Phi) is 10.2. The summed E-state index contributed by atoms with van der Waals surface area (Å²) in [6.45, 7) is 8.61. The van der Waals surface area contributed by atoms with Crippen molar-refractivity contribution < 1.29 is 33.7 Å². The zero-order valence-corrected chi connectivity index (χ0v) is 22.3. The second-order valence-electron chi connectivity index (χ2n) is 9.50. The number of pyridine rings is 2. The third kappa shape index (κ3) is 9.62. The van der Waals surface area contributed by atoms with E-state index in [-0.39, 0.29) is 47.2 Å². The molecule has 2 amide bonds. The van der Waals surface area contributed by atoms with Gasteiger partial charge in [0.2, 0.25) is 0 Å². The highest BCUT2D eigenvalue weighted by molar-refractivity contribution is 6.03. The summed E-state index contributed by atoms with van der Waals surface area (Å²) >= 11 is 0. The summed E-state index contributed by atoms with van der Waals surface area (Å²) in [7, 11) is 0. The van der Waals surface area contributed by atoms with Gasteiger partial charge in [-0.1, -0.05) is 58.0 Å². The molecule has 39 heavy (non-hydrogen) atoms. The molecule has 0 aliphatic heterocycles.